The SMILES string of the molecule is CSCCCCNC(=O)C(=O)NCC#N. The van der Waals surface area contributed by atoms with Gasteiger partial charge < -0.3 is 10.6 Å². The lowest BCUT2D eigenvalue weighted by Crippen LogP contribution is -2.40. The largest absolute Gasteiger partial charge is 0.348 e. The zero-order valence-corrected chi connectivity index (χ0v) is 9.52. The third-order valence-corrected chi connectivity index (χ3v) is 2.29. The molecule has 0 bridgehead atoms. The molecule has 0 aliphatic carbocycles. The molecule has 84 valence electrons. The van der Waals surface area contributed by atoms with Crippen LogP contribution < -0.4 is 10.6 Å². The van der Waals surface area contributed by atoms with Crippen molar-refractivity contribution in [2.24, 2.45) is 0 Å². The van der Waals surface area contributed by atoms with Gasteiger partial charge in [0.05, 0.1) is 6.07 Å². The van der Waals surface area contributed by atoms with Crippen molar-refractivity contribution in [1.29, 1.82) is 5.26 Å². The summed E-state index contributed by atoms with van der Waals surface area (Å²) in [6, 6.07) is 1.72. The van der Waals surface area contributed by atoms with Crippen molar-refractivity contribution in [3.05, 3.63) is 0 Å². The summed E-state index contributed by atoms with van der Waals surface area (Å²) in [5, 5.41) is 12.8. The van der Waals surface area contributed by atoms with Gasteiger partial charge in [-0.05, 0) is 24.9 Å². The molecular formula is C9H15N3O2S. The predicted octanol–water partition coefficient (Wildman–Crippen LogP) is -0.114. The molecule has 0 saturated heterocycles. The molecule has 2 N–H and O–H groups in total. The Hall–Kier alpha value is -1.22. The molecule has 0 aromatic heterocycles. The van der Waals surface area contributed by atoms with Gasteiger partial charge in [-0.2, -0.15) is 17.0 Å². The van der Waals surface area contributed by atoms with Gasteiger partial charge in [-0.3, -0.25) is 9.59 Å². The third kappa shape index (κ3) is 7.82. The lowest BCUT2D eigenvalue weighted by molar-refractivity contribution is -0.139. The van der Waals surface area contributed by atoms with Crippen molar-refractivity contribution >= 4 is 23.6 Å². The fourth-order valence-electron chi connectivity index (χ4n) is 0.854. The minimum Gasteiger partial charge on any atom is -0.348 e. The Bertz CT molecular complexity index is 250. The second-order valence-electron chi connectivity index (χ2n) is 2.80. The molecule has 15 heavy (non-hydrogen) atoms. The fourth-order valence-corrected chi connectivity index (χ4v) is 1.35. The molecule has 0 unspecified atom stereocenters. The molecule has 0 aromatic rings. The summed E-state index contributed by atoms with van der Waals surface area (Å²) in [7, 11) is 0. The number of hydrogen-bond acceptors (Lipinski definition) is 4. The number of amides is 2. The van der Waals surface area contributed by atoms with E-state index < -0.39 is 11.8 Å². The molecule has 0 rings (SSSR count). The van der Waals surface area contributed by atoms with Gasteiger partial charge in [0, 0.05) is 6.54 Å². The van der Waals surface area contributed by atoms with Crippen molar-refractivity contribution in [2.45, 2.75) is 12.8 Å². The average molecular weight is 229 g/mol. The van der Waals surface area contributed by atoms with E-state index in [1.54, 1.807) is 17.8 Å². The molecule has 0 aliphatic rings. The number of thioether (sulfide) groups is 1. The molecule has 0 aliphatic heterocycles. The summed E-state index contributed by atoms with van der Waals surface area (Å²) in [5.41, 5.74) is 0. The minimum atomic E-state index is -0.749. The van der Waals surface area contributed by atoms with Gasteiger partial charge in [0.2, 0.25) is 0 Å². The first kappa shape index (κ1) is 13.8. The monoisotopic (exact) mass is 229 g/mol. The van der Waals surface area contributed by atoms with E-state index >= 15 is 0 Å². The summed E-state index contributed by atoms with van der Waals surface area (Å²) < 4.78 is 0. The van der Waals surface area contributed by atoms with Crippen LogP contribution in [0.3, 0.4) is 0 Å². The Balaban J connectivity index is 3.48. The van der Waals surface area contributed by atoms with Crippen LogP contribution in [0, 0.1) is 11.3 Å². The van der Waals surface area contributed by atoms with E-state index in [4.69, 9.17) is 5.26 Å². The van der Waals surface area contributed by atoms with E-state index in [1.165, 1.54) is 0 Å². The number of rotatable bonds is 6. The van der Waals surface area contributed by atoms with E-state index in [9.17, 15) is 9.59 Å². The van der Waals surface area contributed by atoms with Gasteiger partial charge in [0.15, 0.2) is 0 Å². The number of nitrogens with zero attached hydrogens (tertiary/aromatic N) is 1. The predicted molar refractivity (Wildman–Crippen MR) is 59.2 cm³/mol. The average Bonchev–Trinajstić information content (AvgIpc) is 2.25. The first-order chi connectivity index (χ1) is 7.22. The summed E-state index contributed by atoms with van der Waals surface area (Å²) >= 11 is 1.75. The topological polar surface area (TPSA) is 82.0 Å². The van der Waals surface area contributed by atoms with Crippen LogP contribution >= 0.6 is 11.8 Å². The molecule has 6 heteroatoms. The van der Waals surface area contributed by atoms with E-state index in [2.05, 4.69) is 10.6 Å². The van der Waals surface area contributed by atoms with Crippen molar-refractivity contribution in [3.63, 3.8) is 0 Å². The van der Waals surface area contributed by atoms with E-state index in [0.717, 1.165) is 18.6 Å². The highest BCUT2D eigenvalue weighted by atomic mass is 32.2. The van der Waals surface area contributed by atoms with Crippen molar-refractivity contribution in [2.75, 3.05) is 25.1 Å². The maximum Gasteiger partial charge on any atom is 0.310 e. The maximum absolute atomic E-state index is 11.0. The second kappa shape index (κ2) is 9.34. The molecule has 0 saturated carbocycles. The van der Waals surface area contributed by atoms with Crippen LogP contribution in [-0.2, 0) is 9.59 Å². The highest BCUT2D eigenvalue weighted by Gasteiger charge is 2.10. The highest BCUT2D eigenvalue weighted by molar-refractivity contribution is 7.98. The number of carbonyl (C=O) groups is 2. The lowest BCUT2D eigenvalue weighted by Gasteiger charge is -2.03. The van der Waals surface area contributed by atoms with Crippen LogP contribution in [0.2, 0.25) is 0 Å². The first-order valence-corrected chi connectivity index (χ1v) is 6.03. The van der Waals surface area contributed by atoms with Crippen LogP contribution in [0.1, 0.15) is 12.8 Å². The van der Waals surface area contributed by atoms with Gasteiger partial charge in [-0.1, -0.05) is 0 Å². The first-order valence-electron chi connectivity index (χ1n) is 4.64. The smallest absolute Gasteiger partial charge is 0.310 e. The Kier molecular flexibility index (Phi) is 8.58. The van der Waals surface area contributed by atoms with Gasteiger partial charge in [0.25, 0.3) is 0 Å². The van der Waals surface area contributed by atoms with Crippen molar-refractivity contribution in [3.8, 4) is 6.07 Å². The molecule has 0 spiro atoms. The van der Waals surface area contributed by atoms with Gasteiger partial charge >= 0.3 is 11.8 Å². The fraction of sp³-hybridized carbons (Fsp3) is 0.667. The molecule has 5 nitrogen and oxygen atoms in total. The number of unbranched alkanes of at least 4 members (excludes halogenated alkanes) is 1. The van der Waals surface area contributed by atoms with Crippen LogP contribution in [-0.4, -0.2) is 36.9 Å². The lowest BCUT2D eigenvalue weighted by atomic mass is 10.3. The second-order valence-corrected chi connectivity index (χ2v) is 3.78. The molecule has 0 aromatic carbocycles. The molecule has 2 amide bonds. The number of hydrogen-bond donors (Lipinski definition) is 2. The Morgan fingerprint density at radius 1 is 1.27 bits per heavy atom. The van der Waals surface area contributed by atoms with Gasteiger partial charge in [-0.25, -0.2) is 0 Å². The summed E-state index contributed by atoms with van der Waals surface area (Å²) in [6.45, 7) is 0.359. The van der Waals surface area contributed by atoms with E-state index in [1.807, 2.05) is 6.26 Å². The standard InChI is InChI=1S/C9H15N3O2S/c1-15-7-3-2-5-11-8(13)9(14)12-6-4-10/h2-3,5-7H2,1H3,(H,11,13)(H,12,14). The number of nitrogens with one attached hydrogen (secondary N) is 2. The zero-order valence-electron chi connectivity index (χ0n) is 8.71. The van der Waals surface area contributed by atoms with Gasteiger partial charge in [-0.15, -0.1) is 0 Å². The molecule has 0 fully saturated rings. The van der Waals surface area contributed by atoms with Crippen molar-refractivity contribution < 1.29 is 9.59 Å². The number of carbonyl (C=O) groups excluding carboxylic acids is 2. The van der Waals surface area contributed by atoms with Crippen LogP contribution in [0.5, 0.6) is 0 Å². The molecule has 0 radical (unpaired) electrons. The minimum absolute atomic E-state index is 0.140. The number of nitriles is 1. The van der Waals surface area contributed by atoms with Crippen LogP contribution in [0.4, 0.5) is 0 Å². The molecule has 0 heterocycles. The Labute approximate surface area is 93.6 Å². The van der Waals surface area contributed by atoms with Crippen LogP contribution in [0.15, 0.2) is 0 Å². The summed E-state index contributed by atoms with van der Waals surface area (Å²) in [5.74, 6) is -0.368. The molecule has 0 atom stereocenters. The quantitative estimate of drug-likeness (QED) is 0.378. The van der Waals surface area contributed by atoms with E-state index in [-0.39, 0.29) is 6.54 Å². The zero-order chi connectivity index (χ0) is 11.5. The highest BCUT2D eigenvalue weighted by Crippen LogP contribution is 1.97. The van der Waals surface area contributed by atoms with Gasteiger partial charge in [0.1, 0.15) is 6.54 Å². The summed E-state index contributed by atoms with van der Waals surface area (Å²) in [6.07, 6.45) is 3.90. The third-order valence-electron chi connectivity index (χ3n) is 1.60. The van der Waals surface area contributed by atoms with Crippen molar-refractivity contribution in [1.82, 2.24) is 10.6 Å². The summed E-state index contributed by atoms with van der Waals surface area (Å²) in [4.78, 5) is 22.0. The Morgan fingerprint density at radius 2 is 1.93 bits per heavy atom. The normalized spacial score (nSPS) is 9.07. The van der Waals surface area contributed by atoms with E-state index in [0.29, 0.717) is 6.54 Å². The van der Waals surface area contributed by atoms with Crippen LogP contribution in [0.25, 0.3) is 0 Å². The Morgan fingerprint density at radius 3 is 2.53 bits per heavy atom. The molecular weight excluding hydrogens is 214 g/mol. The maximum atomic E-state index is 11.0.